The minimum atomic E-state index is -3.21. The van der Waals surface area contributed by atoms with Crippen LogP contribution in [-0.4, -0.2) is 38.3 Å². The molecule has 0 aliphatic rings. The van der Waals surface area contributed by atoms with Gasteiger partial charge in [-0.15, -0.1) is 0 Å². The number of hydrogen-bond acceptors (Lipinski definition) is 8. The van der Waals surface area contributed by atoms with E-state index >= 15 is 0 Å². The van der Waals surface area contributed by atoms with Gasteiger partial charge in [0.25, 0.3) is 0 Å². The Kier molecular flexibility index (Phi) is 7.59. The quantitative estimate of drug-likeness (QED) is 0.480. The zero-order valence-electron chi connectivity index (χ0n) is 17.7. The van der Waals surface area contributed by atoms with Crippen LogP contribution in [0.3, 0.4) is 0 Å². The lowest BCUT2D eigenvalue weighted by molar-refractivity contribution is 0.414. The number of benzene rings is 2. The highest BCUT2D eigenvalue weighted by molar-refractivity contribution is 7.88. The van der Waals surface area contributed by atoms with Gasteiger partial charge in [-0.25, -0.2) is 18.1 Å². The molecule has 0 spiro atoms. The Bertz CT molecular complexity index is 1190. The molecule has 10 heteroatoms. The fourth-order valence-electron chi connectivity index (χ4n) is 2.76. The van der Waals surface area contributed by atoms with E-state index in [-0.39, 0.29) is 17.5 Å². The average Bonchev–Trinajstić information content (AvgIpc) is 2.78. The van der Waals surface area contributed by atoms with Crippen LogP contribution in [0.4, 0.5) is 5.95 Å². The smallest absolute Gasteiger partial charge is 0.227 e. The summed E-state index contributed by atoms with van der Waals surface area (Å²) in [5.41, 5.74) is 2.13. The number of sulfonamides is 1. The third-order valence-corrected chi connectivity index (χ3v) is 5.08. The number of methoxy groups -OCH3 is 1. The fraction of sp³-hybridized carbons (Fsp3) is 0.227. The van der Waals surface area contributed by atoms with Gasteiger partial charge in [0.2, 0.25) is 21.9 Å². The molecule has 2 N–H and O–H groups in total. The SMILES string of the molecule is COc1ccc(CNc2nc(C#N)cc(Oc3ccc(CCNS(C)(=O)=O)cc3)n2)cc1. The molecule has 1 heterocycles. The zero-order valence-corrected chi connectivity index (χ0v) is 18.5. The Morgan fingerprint density at radius 3 is 2.28 bits per heavy atom. The van der Waals surface area contributed by atoms with Gasteiger partial charge < -0.3 is 14.8 Å². The summed E-state index contributed by atoms with van der Waals surface area (Å²) in [6.45, 7) is 0.786. The molecule has 166 valence electrons. The van der Waals surface area contributed by atoms with Crippen molar-refractivity contribution >= 4 is 16.0 Å². The van der Waals surface area contributed by atoms with Crippen molar-refractivity contribution in [1.82, 2.24) is 14.7 Å². The average molecular weight is 454 g/mol. The number of nitrogens with zero attached hydrogens (tertiary/aromatic N) is 3. The van der Waals surface area contributed by atoms with E-state index in [9.17, 15) is 13.7 Å². The highest BCUT2D eigenvalue weighted by Gasteiger charge is 2.08. The van der Waals surface area contributed by atoms with E-state index in [0.717, 1.165) is 23.1 Å². The van der Waals surface area contributed by atoms with Crippen LogP contribution in [0.5, 0.6) is 17.4 Å². The first-order valence-corrected chi connectivity index (χ1v) is 11.6. The summed E-state index contributed by atoms with van der Waals surface area (Å²) in [5.74, 6) is 1.82. The standard InChI is InChI=1S/C22H23N5O4S/c1-30-19-7-5-17(6-8-19)15-24-22-26-18(14-23)13-21(27-22)31-20-9-3-16(4-10-20)11-12-25-32(2,28)29/h3-10,13,25H,11-12,15H2,1-2H3,(H,24,26,27). The second-order valence-corrected chi connectivity index (χ2v) is 8.72. The Balaban J connectivity index is 1.63. The fourth-order valence-corrected chi connectivity index (χ4v) is 3.24. The molecular formula is C22H23N5O4S. The van der Waals surface area contributed by atoms with Gasteiger partial charge in [0.1, 0.15) is 23.3 Å². The summed E-state index contributed by atoms with van der Waals surface area (Å²) in [4.78, 5) is 8.49. The van der Waals surface area contributed by atoms with Crippen LogP contribution in [0.2, 0.25) is 0 Å². The minimum Gasteiger partial charge on any atom is -0.497 e. The molecule has 0 fully saturated rings. The van der Waals surface area contributed by atoms with Gasteiger partial charge in [0, 0.05) is 19.2 Å². The third kappa shape index (κ3) is 7.23. The zero-order chi connectivity index (χ0) is 23.0. The number of nitriles is 1. The van der Waals surface area contributed by atoms with Crippen LogP contribution in [0.1, 0.15) is 16.8 Å². The van der Waals surface area contributed by atoms with Crippen LogP contribution in [0, 0.1) is 11.3 Å². The molecule has 32 heavy (non-hydrogen) atoms. The van der Waals surface area contributed by atoms with Crippen molar-refractivity contribution < 1.29 is 17.9 Å². The summed E-state index contributed by atoms with van der Waals surface area (Å²) in [6.07, 6.45) is 1.68. The molecule has 3 rings (SSSR count). The predicted molar refractivity (Wildman–Crippen MR) is 120 cm³/mol. The highest BCUT2D eigenvalue weighted by atomic mass is 32.2. The van der Waals surface area contributed by atoms with Gasteiger partial charge in [-0.1, -0.05) is 24.3 Å². The summed E-state index contributed by atoms with van der Waals surface area (Å²) in [6, 6.07) is 18.2. The number of anilines is 1. The monoisotopic (exact) mass is 453 g/mol. The van der Waals surface area contributed by atoms with Crippen LogP contribution in [0.15, 0.2) is 54.6 Å². The summed E-state index contributed by atoms with van der Waals surface area (Å²) in [7, 11) is -1.60. The Hall–Kier alpha value is -3.68. The minimum absolute atomic E-state index is 0.177. The first kappa shape index (κ1) is 23.0. The van der Waals surface area contributed by atoms with Crippen molar-refractivity contribution in [3.8, 4) is 23.4 Å². The first-order valence-electron chi connectivity index (χ1n) is 9.72. The van der Waals surface area contributed by atoms with E-state index in [2.05, 4.69) is 20.0 Å². The van der Waals surface area contributed by atoms with Crippen LogP contribution in [0.25, 0.3) is 0 Å². The molecule has 0 amide bonds. The normalized spacial score (nSPS) is 10.9. The molecular weight excluding hydrogens is 430 g/mol. The molecule has 2 aromatic carbocycles. The van der Waals surface area contributed by atoms with E-state index < -0.39 is 10.0 Å². The number of ether oxygens (including phenoxy) is 2. The molecule has 0 saturated carbocycles. The topological polar surface area (TPSA) is 126 Å². The molecule has 0 aliphatic heterocycles. The maximum Gasteiger partial charge on any atom is 0.227 e. The molecule has 0 unspecified atom stereocenters. The highest BCUT2D eigenvalue weighted by Crippen LogP contribution is 2.22. The van der Waals surface area contributed by atoms with Gasteiger partial charge in [-0.2, -0.15) is 10.2 Å². The number of aromatic nitrogens is 2. The Morgan fingerprint density at radius 2 is 1.66 bits per heavy atom. The van der Waals surface area contributed by atoms with E-state index in [0.29, 0.717) is 25.3 Å². The number of nitrogens with one attached hydrogen (secondary N) is 2. The summed E-state index contributed by atoms with van der Waals surface area (Å²) >= 11 is 0. The summed E-state index contributed by atoms with van der Waals surface area (Å²) in [5, 5.41) is 12.4. The first-order chi connectivity index (χ1) is 15.3. The lowest BCUT2D eigenvalue weighted by Crippen LogP contribution is -2.24. The maximum atomic E-state index is 11.1. The Morgan fingerprint density at radius 1 is 1.00 bits per heavy atom. The Labute approximate surface area is 187 Å². The van der Waals surface area contributed by atoms with Gasteiger partial charge in [0.15, 0.2) is 0 Å². The van der Waals surface area contributed by atoms with Crippen LogP contribution >= 0.6 is 0 Å². The maximum absolute atomic E-state index is 11.1. The third-order valence-electron chi connectivity index (χ3n) is 4.35. The lowest BCUT2D eigenvalue weighted by atomic mass is 10.1. The largest absolute Gasteiger partial charge is 0.497 e. The molecule has 0 saturated heterocycles. The van der Waals surface area contributed by atoms with E-state index in [1.165, 1.54) is 6.07 Å². The second-order valence-electron chi connectivity index (χ2n) is 6.89. The van der Waals surface area contributed by atoms with Crippen molar-refractivity contribution in [3.05, 3.63) is 71.4 Å². The number of rotatable bonds is 10. The molecule has 0 bridgehead atoms. The lowest BCUT2D eigenvalue weighted by Gasteiger charge is -2.10. The molecule has 0 atom stereocenters. The van der Waals surface area contributed by atoms with Crippen molar-refractivity contribution in [1.29, 1.82) is 5.26 Å². The molecule has 9 nitrogen and oxygen atoms in total. The molecule has 3 aromatic rings. The van der Waals surface area contributed by atoms with Crippen molar-refractivity contribution in [3.63, 3.8) is 0 Å². The van der Waals surface area contributed by atoms with E-state index in [1.54, 1.807) is 19.2 Å². The van der Waals surface area contributed by atoms with Gasteiger partial charge in [-0.3, -0.25) is 0 Å². The van der Waals surface area contributed by atoms with Gasteiger partial charge >= 0.3 is 0 Å². The van der Waals surface area contributed by atoms with Crippen molar-refractivity contribution in [2.75, 3.05) is 25.2 Å². The van der Waals surface area contributed by atoms with E-state index in [1.807, 2.05) is 42.5 Å². The van der Waals surface area contributed by atoms with Crippen LogP contribution < -0.4 is 19.5 Å². The second kappa shape index (κ2) is 10.6. The van der Waals surface area contributed by atoms with Gasteiger partial charge in [-0.05, 0) is 41.8 Å². The van der Waals surface area contributed by atoms with Crippen molar-refractivity contribution in [2.24, 2.45) is 0 Å². The van der Waals surface area contributed by atoms with Crippen LogP contribution in [-0.2, 0) is 23.0 Å². The molecule has 1 aromatic heterocycles. The molecule has 0 aliphatic carbocycles. The van der Waals surface area contributed by atoms with Crippen molar-refractivity contribution in [2.45, 2.75) is 13.0 Å². The van der Waals surface area contributed by atoms with E-state index in [4.69, 9.17) is 9.47 Å². The predicted octanol–water partition coefficient (Wildman–Crippen LogP) is 2.85. The summed E-state index contributed by atoms with van der Waals surface area (Å²) < 4.78 is 35.7. The molecule has 0 radical (unpaired) electrons. The van der Waals surface area contributed by atoms with Gasteiger partial charge in [0.05, 0.1) is 13.4 Å². The number of hydrogen-bond donors (Lipinski definition) is 2.